The quantitative estimate of drug-likeness (QED) is 0.580. The third kappa shape index (κ3) is 4.33. The third-order valence-electron chi connectivity index (χ3n) is 5.60. The number of nitrogen functional groups attached to an aromatic ring is 1. The van der Waals surface area contributed by atoms with Crippen molar-refractivity contribution in [1.82, 2.24) is 14.5 Å². The molecule has 0 saturated carbocycles. The van der Waals surface area contributed by atoms with Crippen LogP contribution in [0, 0.1) is 5.92 Å². The molecule has 0 bridgehead atoms. The van der Waals surface area contributed by atoms with Gasteiger partial charge in [-0.1, -0.05) is 39.3 Å². The molecule has 1 aliphatic rings. The molecule has 10 nitrogen and oxygen atoms in total. The van der Waals surface area contributed by atoms with Crippen molar-refractivity contribution in [3.63, 3.8) is 0 Å². The van der Waals surface area contributed by atoms with E-state index in [9.17, 15) is 24.0 Å². The van der Waals surface area contributed by atoms with Crippen molar-refractivity contribution in [2.75, 3.05) is 17.2 Å². The summed E-state index contributed by atoms with van der Waals surface area (Å²) in [6.07, 6.45) is 1.26. The van der Waals surface area contributed by atoms with E-state index in [1.54, 1.807) is 12.1 Å². The Hall–Kier alpha value is -3.69. The first-order valence-electron chi connectivity index (χ1n) is 11.0. The molecule has 3 rings (SSSR count). The van der Waals surface area contributed by atoms with Gasteiger partial charge in [-0.15, -0.1) is 0 Å². The molecule has 0 saturated heterocycles. The van der Waals surface area contributed by atoms with Gasteiger partial charge in [0.05, 0.1) is 11.1 Å². The minimum Gasteiger partial charge on any atom is -0.383 e. The molecule has 1 aliphatic heterocycles. The Morgan fingerprint density at radius 3 is 2.15 bits per heavy atom. The molecule has 0 unspecified atom stereocenters. The van der Waals surface area contributed by atoms with E-state index < -0.39 is 35.0 Å². The minimum atomic E-state index is -1.18. The molecule has 2 heterocycles. The molecule has 1 aromatic carbocycles. The Balaban J connectivity index is 2.05. The van der Waals surface area contributed by atoms with Gasteiger partial charge in [0.15, 0.2) is 5.69 Å². The Kier molecular flexibility index (Phi) is 6.85. The maximum atomic E-state index is 13.6. The lowest BCUT2D eigenvalue weighted by Crippen LogP contribution is -2.51. The summed E-state index contributed by atoms with van der Waals surface area (Å²) in [5.74, 6) is -1.85. The van der Waals surface area contributed by atoms with Crippen LogP contribution in [-0.2, 0) is 11.3 Å². The van der Waals surface area contributed by atoms with Gasteiger partial charge in [0, 0.05) is 13.1 Å². The van der Waals surface area contributed by atoms with Gasteiger partial charge in [-0.25, -0.2) is 4.79 Å². The molecule has 0 spiro atoms. The van der Waals surface area contributed by atoms with Crippen molar-refractivity contribution in [1.29, 1.82) is 0 Å². The molecule has 0 fully saturated rings. The molecule has 0 radical (unpaired) electrons. The van der Waals surface area contributed by atoms with Crippen LogP contribution in [0.2, 0.25) is 0 Å². The Bertz CT molecular complexity index is 1180. The zero-order chi connectivity index (χ0) is 24.4. The number of carbonyl (C=O) groups excluding carboxylic acids is 3. The molecule has 10 heteroatoms. The molecule has 3 amide bonds. The summed E-state index contributed by atoms with van der Waals surface area (Å²) in [5.41, 5.74) is 5.07. The highest BCUT2D eigenvalue weighted by atomic mass is 16.2. The van der Waals surface area contributed by atoms with Crippen molar-refractivity contribution in [3.8, 4) is 0 Å². The fourth-order valence-electron chi connectivity index (χ4n) is 3.93. The average Bonchev–Trinajstić information content (AvgIpc) is 3.02. The third-order valence-corrected chi connectivity index (χ3v) is 5.60. The van der Waals surface area contributed by atoms with Crippen LogP contribution in [0.5, 0.6) is 0 Å². The molecule has 3 N–H and O–H groups in total. The zero-order valence-electron chi connectivity index (χ0n) is 19.3. The van der Waals surface area contributed by atoms with E-state index in [0.29, 0.717) is 12.8 Å². The number of carbonyl (C=O) groups is 3. The van der Waals surface area contributed by atoms with Gasteiger partial charge in [-0.2, -0.15) is 0 Å². The van der Waals surface area contributed by atoms with E-state index in [2.05, 4.69) is 4.98 Å². The van der Waals surface area contributed by atoms with Crippen LogP contribution in [0.1, 0.15) is 61.3 Å². The Morgan fingerprint density at radius 2 is 1.64 bits per heavy atom. The maximum absolute atomic E-state index is 13.6. The topological polar surface area (TPSA) is 139 Å². The smallest absolute Gasteiger partial charge is 0.330 e. The largest absolute Gasteiger partial charge is 0.383 e. The predicted molar refractivity (Wildman–Crippen MR) is 124 cm³/mol. The van der Waals surface area contributed by atoms with Gasteiger partial charge < -0.3 is 10.6 Å². The lowest BCUT2D eigenvalue weighted by molar-refractivity contribution is -0.122. The molecule has 1 atom stereocenters. The number of aromatic nitrogens is 2. The number of H-pyrrole nitrogens is 1. The van der Waals surface area contributed by atoms with Gasteiger partial charge >= 0.3 is 5.69 Å². The zero-order valence-corrected chi connectivity index (χ0v) is 19.3. The number of anilines is 2. The summed E-state index contributed by atoms with van der Waals surface area (Å²) in [7, 11) is 0. The maximum Gasteiger partial charge on any atom is 0.330 e. The number of imide groups is 1. The number of aromatic amines is 1. The monoisotopic (exact) mass is 455 g/mol. The second-order valence-electron chi connectivity index (χ2n) is 8.54. The van der Waals surface area contributed by atoms with Gasteiger partial charge in [0.25, 0.3) is 17.4 Å². The molecule has 0 aliphatic carbocycles. The first-order chi connectivity index (χ1) is 15.6. The molecule has 176 valence electrons. The van der Waals surface area contributed by atoms with Crippen LogP contribution in [0.15, 0.2) is 33.9 Å². The number of hydrogen-bond acceptors (Lipinski definition) is 6. The molecular weight excluding hydrogens is 426 g/mol. The highest BCUT2D eigenvalue weighted by molar-refractivity contribution is 6.23. The van der Waals surface area contributed by atoms with Gasteiger partial charge in [0.2, 0.25) is 5.91 Å². The highest BCUT2D eigenvalue weighted by Gasteiger charge is 2.42. The lowest BCUT2D eigenvalue weighted by Gasteiger charge is -2.30. The van der Waals surface area contributed by atoms with E-state index in [-0.39, 0.29) is 41.6 Å². The van der Waals surface area contributed by atoms with Crippen LogP contribution in [0.4, 0.5) is 11.5 Å². The second kappa shape index (κ2) is 9.43. The predicted octanol–water partition coefficient (Wildman–Crippen LogP) is 1.59. The number of unbranched alkanes of at least 4 members (excludes halogenated alkanes) is 1. The number of nitrogens with two attached hydrogens (primary N) is 1. The van der Waals surface area contributed by atoms with Crippen molar-refractivity contribution >= 4 is 29.2 Å². The van der Waals surface area contributed by atoms with Gasteiger partial charge in [-0.3, -0.25) is 33.6 Å². The number of rotatable bonds is 8. The molecular formula is C23H29N5O5. The summed E-state index contributed by atoms with van der Waals surface area (Å²) in [4.78, 5) is 68.8. The van der Waals surface area contributed by atoms with Gasteiger partial charge in [-0.05, 0) is 31.4 Å². The summed E-state index contributed by atoms with van der Waals surface area (Å²) < 4.78 is 1.22. The first kappa shape index (κ1) is 24.0. The van der Waals surface area contributed by atoms with Crippen LogP contribution >= 0.6 is 0 Å². The number of nitrogens with zero attached hydrogens (tertiary/aromatic N) is 3. The molecule has 33 heavy (non-hydrogen) atoms. The van der Waals surface area contributed by atoms with Crippen LogP contribution in [0.3, 0.4) is 0 Å². The van der Waals surface area contributed by atoms with Crippen LogP contribution < -0.4 is 21.9 Å². The highest BCUT2D eigenvalue weighted by Crippen LogP contribution is 2.27. The lowest BCUT2D eigenvalue weighted by atomic mass is 10.1. The normalized spacial score (nSPS) is 14.0. The van der Waals surface area contributed by atoms with E-state index in [1.807, 2.05) is 20.8 Å². The Morgan fingerprint density at radius 1 is 1.06 bits per heavy atom. The minimum absolute atomic E-state index is 0.0563. The van der Waals surface area contributed by atoms with Crippen molar-refractivity contribution < 1.29 is 14.4 Å². The van der Waals surface area contributed by atoms with Crippen molar-refractivity contribution in [2.45, 2.75) is 53.1 Å². The summed E-state index contributed by atoms with van der Waals surface area (Å²) in [5, 5.41) is 0. The Labute approximate surface area is 191 Å². The van der Waals surface area contributed by atoms with E-state index in [0.717, 1.165) is 4.90 Å². The SMILES string of the molecule is CCCCN(C(=O)[C@@H](C)N1C(=O)c2ccccc2C1=O)c1c(N)n(CC(C)C)c(=O)[nH]c1=O. The first-order valence-corrected chi connectivity index (χ1v) is 11.0. The van der Waals surface area contributed by atoms with E-state index in [1.165, 1.54) is 28.5 Å². The summed E-state index contributed by atoms with van der Waals surface area (Å²) in [6, 6.07) is 5.17. The summed E-state index contributed by atoms with van der Waals surface area (Å²) >= 11 is 0. The van der Waals surface area contributed by atoms with E-state index >= 15 is 0 Å². The number of fused-ring (bicyclic) bond motifs is 1. The van der Waals surface area contributed by atoms with E-state index in [4.69, 9.17) is 5.73 Å². The van der Waals surface area contributed by atoms with Crippen LogP contribution in [-0.4, -0.2) is 44.8 Å². The summed E-state index contributed by atoms with van der Waals surface area (Å²) in [6.45, 7) is 7.53. The van der Waals surface area contributed by atoms with Gasteiger partial charge in [0.1, 0.15) is 11.9 Å². The number of benzene rings is 1. The number of hydrogen-bond donors (Lipinski definition) is 2. The van der Waals surface area contributed by atoms with Crippen LogP contribution in [0.25, 0.3) is 0 Å². The fraction of sp³-hybridized carbons (Fsp3) is 0.435. The standard InChI is InChI=1S/C23H29N5O5/c1-5-6-11-26(17-18(24)27(12-13(2)3)23(33)25-19(17)29)20(30)14(4)28-21(31)15-9-7-8-10-16(15)22(28)32/h7-10,13-14H,5-6,11-12,24H2,1-4H3,(H,25,29,33)/t14-/m1/s1. The number of amides is 3. The number of nitrogens with one attached hydrogen (secondary N) is 1. The second-order valence-corrected chi connectivity index (χ2v) is 8.54. The molecule has 1 aromatic heterocycles. The van der Waals surface area contributed by atoms with Crippen molar-refractivity contribution in [2.24, 2.45) is 5.92 Å². The van der Waals surface area contributed by atoms with Crippen molar-refractivity contribution in [3.05, 3.63) is 56.2 Å². The molecule has 2 aromatic rings. The fourth-order valence-corrected chi connectivity index (χ4v) is 3.93. The average molecular weight is 456 g/mol.